The number of nitrogens with one attached hydrogen (secondary N) is 2. The lowest BCUT2D eigenvalue weighted by Crippen LogP contribution is -3.15. The first-order chi connectivity index (χ1) is 14.8. The van der Waals surface area contributed by atoms with Crippen molar-refractivity contribution < 1.29 is 4.90 Å². The number of rotatable bonds is 6. The third kappa shape index (κ3) is 5.26. The standard InChI is InChI=1S/C26H29N3S/c30-26(27-17-16-22-10-4-1-5-11-22)29-20-18-28(19-21-29)25(23-12-6-2-7-13-23)24-14-8-3-9-15-24/h1-15,25H,16-21H2,(H,27,30)/p+1. The summed E-state index contributed by atoms with van der Waals surface area (Å²) >= 11 is 5.69. The summed E-state index contributed by atoms with van der Waals surface area (Å²) in [6.07, 6.45) is 0.996. The third-order valence-electron chi connectivity index (χ3n) is 5.90. The molecule has 30 heavy (non-hydrogen) atoms. The number of nitrogens with zero attached hydrogens (tertiary/aromatic N) is 1. The van der Waals surface area contributed by atoms with Crippen molar-refractivity contribution in [1.29, 1.82) is 0 Å². The van der Waals surface area contributed by atoms with Crippen LogP contribution in [0.3, 0.4) is 0 Å². The first-order valence-corrected chi connectivity index (χ1v) is 11.2. The summed E-state index contributed by atoms with van der Waals surface area (Å²) in [4.78, 5) is 3.94. The van der Waals surface area contributed by atoms with E-state index in [-0.39, 0.29) is 0 Å². The zero-order valence-electron chi connectivity index (χ0n) is 17.3. The number of benzene rings is 3. The summed E-state index contributed by atoms with van der Waals surface area (Å²) in [5.41, 5.74) is 4.11. The molecule has 3 aromatic carbocycles. The monoisotopic (exact) mass is 416 g/mol. The van der Waals surface area contributed by atoms with E-state index in [2.05, 4.69) is 101 Å². The van der Waals surface area contributed by atoms with Gasteiger partial charge < -0.3 is 15.1 Å². The molecule has 4 heteroatoms. The van der Waals surface area contributed by atoms with Crippen LogP contribution in [-0.4, -0.2) is 42.7 Å². The van der Waals surface area contributed by atoms with E-state index in [1.54, 1.807) is 4.90 Å². The molecule has 0 bridgehead atoms. The molecule has 3 aromatic rings. The molecule has 1 fully saturated rings. The van der Waals surface area contributed by atoms with Crippen molar-refractivity contribution in [2.24, 2.45) is 0 Å². The van der Waals surface area contributed by atoms with Crippen LogP contribution in [-0.2, 0) is 6.42 Å². The predicted octanol–water partition coefficient (Wildman–Crippen LogP) is 3.09. The van der Waals surface area contributed by atoms with E-state index in [0.717, 1.165) is 44.3 Å². The molecule has 0 unspecified atom stereocenters. The maximum atomic E-state index is 5.69. The van der Waals surface area contributed by atoms with Gasteiger partial charge in [-0.25, -0.2) is 0 Å². The van der Waals surface area contributed by atoms with Crippen LogP contribution in [0.5, 0.6) is 0 Å². The number of hydrogen-bond acceptors (Lipinski definition) is 1. The lowest BCUT2D eigenvalue weighted by atomic mass is 9.96. The highest BCUT2D eigenvalue weighted by Crippen LogP contribution is 2.19. The van der Waals surface area contributed by atoms with Crippen molar-refractivity contribution in [2.75, 3.05) is 32.7 Å². The van der Waals surface area contributed by atoms with Crippen molar-refractivity contribution in [2.45, 2.75) is 12.5 Å². The number of quaternary nitrogens is 1. The highest BCUT2D eigenvalue weighted by atomic mass is 32.1. The molecule has 1 saturated heterocycles. The van der Waals surface area contributed by atoms with Crippen molar-refractivity contribution in [3.63, 3.8) is 0 Å². The molecule has 0 aliphatic carbocycles. The van der Waals surface area contributed by atoms with Gasteiger partial charge in [-0.3, -0.25) is 0 Å². The van der Waals surface area contributed by atoms with Crippen molar-refractivity contribution >= 4 is 17.3 Å². The Labute approximate surface area is 185 Å². The average molecular weight is 417 g/mol. The van der Waals surface area contributed by atoms with Crippen LogP contribution < -0.4 is 10.2 Å². The smallest absolute Gasteiger partial charge is 0.169 e. The molecule has 0 amide bonds. The fraction of sp³-hybridized carbons (Fsp3) is 0.269. The topological polar surface area (TPSA) is 19.7 Å². The zero-order valence-corrected chi connectivity index (χ0v) is 18.2. The van der Waals surface area contributed by atoms with Crippen LogP contribution in [0.1, 0.15) is 22.7 Å². The van der Waals surface area contributed by atoms with Crippen molar-refractivity contribution in [3.8, 4) is 0 Å². The highest BCUT2D eigenvalue weighted by Gasteiger charge is 2.30. The number of thiocarbonyl (C=S) groups is 1. The molecule has 0 aromatic heterocycles. The lowest BCUT2D eigenvalue weighted by molar-refractivity contribution is -0.929. The van der Waals surface area contributed by atoms with Gasteiger partial charge in [-0.2, -0.15) is 0 Å². The second kappa shape index (κ2) is 10.4. The van der Waals surface area contributed by atoms with Gasteiger partial charge in [-0.15, -0.1) is 0 Å². The summed E-state index contributed by atoms with van der Waals surface area (Å²) in [7, 11) is 0. The molecule has 1 aliphatic rings. The summed E-state index contributed by atoms with van der Waals surface area (Å²) in [5.74, 6) is 0. The SMILES string of the molecule is S=C(NCCc1ccccc1)N1CC[NH+](C(c2ccccc2)c2ccccc2)CC1. The van der Waals surface area contributed by atoms with E-state index >= 15 is 0 Å². The Morgan fingerprint density at radius 3 is 1.83 bits per heavy atom. The first kappa shape index (κ1) is 20.6. The van der Waals surface area contributed by atoms with Gasteiger partial charge in [0.05, 0.1) is 26.2 Å². The number of piperazine rings is 1. The van der Waals surface area contributed by atoms with E-state index in [4.69, 9.17) is 12.2 Å². The largest absolute Gasteiger partial charge is 0.362 e. The molecule has 2 N–H and O–H groups in total. The van der Waals surface area contributed by atoms with Gasteiger partial charge in [0, 0.05) is 17.7 Å². The van der Waals surface area contributed by atoms with Gasteiger partial charge >= 0.3 is 0 Å². The highest BCUT2D eigenvalue weighted by molar-refractivity contribution is 7.80. The lowest BCUT2D eigenvalue weighted by Gasteiger charge is -2.38. The Balaban J connectivity index is 1.34. The summed E-state index contributed by atoms with van der Waals surface area (Å²) < 4.78 is 0. The molecular formula is C26H30N3S+. The van der Waals surface area contributed by atoms with Gasteiger partial charge in [-0.05, 0) is 24.2 Å². The summed E-state index contributed by atoms with van der Waals surface area (Å²) in [6.45, 7) is 5.02. The van der Waals surface area contributed by atoms with Crippen LogP contribution in [0, 0.1) is 0 Å². The molecule has 4 rings (SSSR count). The number of hydrogen-bond donors (Lipinski definition) is 2. The Morgan fingerprint density at radius 1 is 0.800 bits per heavy atom. The Hall–Kier alpha value is -2.69. The summed E-state index contributed by atoms with van der Waals surface area (Å²) in [5, 5.41) is 4.35. The minimum Gasteiger partial charge on any atom is -0.362 e. The van der Waals surface area contributed by atoms with Crippen LogP contribution in [0.4, 0.5) is 0 Å². The third-order valence-corrected chi connectivity index (χ3v) is 6.30. The summed E-state index contributed by atoms with van der Waals surface area (Å²) in [6, 6.07) is 32.7. The van der Waals surface area contributed by atoms with Crippen LogP contribution in [0.15, 0.2) is 91.0 Å². The maximum absolute atomic E-state index is 5.69. The zero-order chi connectivity index (χ0) is 20.6. The first-order valence-electron chi connectivity index (χ1n) is 10.8. The fourth-order valence-electron chi connectivity index (χ4n) is 4.31. The second-order valence-corrected chi connectivity index (χ2v) is 8.25. The van der Waals surface area contributed by atoms with E-state index in [1.807, 2.05) is 0 Å². The molecule has 3 nitrogen and oxygen atoms in total. The molecule has 1 heterocycles. The van der Waals surface area contributed by atoms with Gasteiger partial charge in [0.25, 0.3) is 0 Å². The Kier molecular flexibility index (Phi) is 7.11. The quantitative estimate of drug-likeness (QED) is 0.603. The Morgan fingerprint density at radius 2 is 1.30 bits per heavy atom. The van der Waals surface area contributed by atoms with E-state index < -0.39 is 0 Å². The minimum absolute atomic E-state index is 0.370. The Bertz CT molecular complexity index is 867. The van der Waals surface area contributed by atoms with Gasteiger partial charge in [0.2, 0.25) is 0 Å². The average Bonchev–Trinajstić information content (AvgIpc) is 2.82. The molecule has 1 aliphatic heterocycles. The van der Waals surface area contributed by atoms with Gasteiger partial charge in [0.15, 0.2) is 5.11 Å². The molecule has 0 saturated carbocycles. The van der Waals surface area contributed by atoms with Crippen LogP contribution >= 0.6 is 12.2 Å². The molecular weight excluding hydrogens is 386 g/mol. The second-order valence-electron chi connectivity index (χ2n) is 7.87. The van der Waals surface area contributed by atoms with Gasteiger partial charge in [0.1, 0.15) is 6.04 Å². The van der Waals surface area contributed by atoms with Crippen LogP contribution in [0.25, 0.3) is 0 Å². The van der Waals surface area contributed by atoms with Crippen molar-refractivity contribution in [3.05, 3.63) is 108 Å². The predicted molar refractivity (Wildman–Crippen MR) is 128 cm³/mol. The fourth-order valence-corrected chi connectivity index (χ4v) is 4.60. The van der Waals surface area contributed by atoms with E-state index in [9.17, 15) is 0 Å². The molecule has 0 radical (unpaired) electrons. The van der Waals surface area contributed by atoms with Crippen molar-refractivity contribution in [1.82, 2.24) is 10.2 Å². The molecule has 0 spiro atoms. The molecule has 0 atom stereocenters. The van der Waals surface area contributed by atoms with E-state index in [0.29, 0.717) is 6.04 Å². The normalized spacial score (nSPS) is 14.6. The molecule has 154 valence electrons. The minimum atomic E-state index is 0.370. The van der Waals surface area contributed by atoms with Crippen LogP contribution in [0.2, 0.25) is 0 Å². The maximum Gasteiger partial charge on any atom is 0.169 e. The van der Waals surface area contributed by atoms with E-state index in [1.165, 1.54) is 16.7 Å². The van der Waals surface area contributed by atoms with Gasteiger partial charge in [-0.1, -0.05) is 91.0 Å².